The van der Waals surface area contributed by atoms with Crippen LogP contribution in [0.2, 0.25) is 0 Å². The first-order valence-corrected chi connectivity index (χ1v) is 5.76. The summed E-state index contributed by atoms with van der Waals surface area (Å²) < 4.78 is 11.0. The van der Waals surface area contributed by atoms with E-state index < -0.39 is 0 Å². The molecule has 0 unspecified atom stereocenters. The van der Waals surface area contributed by atoms with E-state index in [1.165, 1.54) is 0 Å². The van der Waals surface area contributed by atoms with Crippen molar-refractivity contribution in [3.8, 4) is 11.5 Å². The molecule has 1 aromatic carbocycles. The molecular formula is C13H19NO2. The summed E-state index contributed by atoms with van der Waals surface area (Å²) in [6.45, 7) is 2.62. The lowest BCUT2D eigenvalue weighted by Gasteiger charge is -2.15. The third-order valence-corrected chi connectivity index (χ3v) is 3.00. The van der Waals surface area contributed by atoms with Crippen molar-refractivity contribution in [2.24, 2.45) is 5.73 Å². The number of benzene rings is 1. The summed E-state index contributed by atoms with van der Waals surface area (Å²) in [6.07, 6.45) is 3.08. The second-order valence-corrected chi connectivity index (χ2v) is 4.42. The van der Waals surface area contributed by atoms with E-state index in [9.17, 15) is 0 Å². The van der Waals surface area contributed by atoms with Gasteiger partial charge in [-0.1, -0.05) is 12.1 Å². The molecule has 1 fully saturated rings. The van der Waals surface area contributed by atoms with Crippen molar-refractivity contribution in [2.75, 3.05) is 13.7 Å². The summed E-state index contributed by atoms with van der Waals surface area (Å²) in [5.74, 6) is 1.65. The van der Waals surface area contributed by atoms with Crippen molar-refractivity contribution in [1.29, 1.82) is 0 Å². The highest BCUT2D eigenvalue weighted by Gasteiger charge is 2.38. The molecule has 16 heavy (non-hydrogen) atoms. The van der Waals surface area contributed by atoms with E-state index in [0.29, 0.717) is 6.61 Å². The summed E-state index contributed by atoms with van der Waals surface area (Å²) in [7, 11) is 1.68. The normalized spacial score (nSPS) is 16.9. The molecule has 2 rings (SSSR count). The number of rotatable bonds is 5. The van der Waals surface area contributed by atoms with Crippen LogP contribution in [-0.4, -0.2) is 19.3 Å². The van der Waals surface area contributed by atoms with Gasteiger partial charge >= 0.3 is 0 Å². The Morgan fingerprint density at radius 1 is 1.38 bits per heavy atom. The minimum absolute atomic E-state index is 0.00187. The molecule has 2 N–H and O–H groups in total. The second kappa shape index (κ2) is 4.34. The fourth-order valence-electron chi connectivity index (χ4n) is 1.92. The van der Waals surface area contributed by atoms with Gasteiger partial charge in [-0.05, 0) is 37.8 Å². The first-order chi connectivity index (χ1) is 7.68. The maximum Gasteiger partial charge on any atom is 0.163 e. The van der Waals surface area contributed by atoms with Crippen LogP contribution in [0.5, 0.6) is 11.5 Å². The highest BCUT2D eigenvalue weighted by molar-refractivity contribution is 5.47. The summed E-state index contributed by atoms with van der Waals surface area (Å²) in [5, 5.41) is 0. The zero-order valence-electron chi connectivity index (χ0n) is 9.95. The van der Waals surface area contributed by atoms with Crippen LogP contribution in [0.15, 0.2) is 18.2 Å². The van der Waals surface area contributed by atoms with E-state index >= 15 is 0 Å². The molecule has 0 heterocycles. The van der Waals surface area contributed by atoms with Gasteiger partial charge in [0.25, 0.3) is 0 Å². The van der Waals surface area contributed by atoms with Gasteiger partial charge in [-0.3, -0.25) is 0 Å². The molecule has 0 spiro atoms. The fourth-order valence-corrected chi connectivity index (χ4v) is 1.92. The number of para-hydroxylation sites is 1. The molecule has 1 saturated carbocycles. The first-order valence-electron chi connectivity index (χ1n) is 5.76. The van der Waals surface area contributed by atoms with Gasteiger partial charge in [0.2, 0.25) is 0 Å². The molecule has 3 nitrogen and oxygen atoms in total. The van der Waals surface area contributed by atoms with Gasteiger partial charge < -0.3 is 15.2 Å². The Morgan fingerprint density at radius 2 is 2.12 bits per heavy atom. The lowest BCUT2D eigenvalue weighted by Crippen LogP contribution is -2.24. The first kappa shape index (κ1) is 11.3. The van der Waals surface area contributed by atoms with Crippen LogP contribution in [0.1, 0.15) is 25.3 Å². The third-order valence-electron chi connectivity index (χ3n) is 3.00. The second-order valence-electron chi connectivity index (χ2n) is 4.42. The molecule has 88 valence electrons. The van der Waals surface area contributed by atoms with E-state index in [1.54, 1.807) is 7.11 Å². The van der Waals surface area contributed by atoms with Crippen molar-refractivity contribution in [3.63, 3.8) is 0 Å². The highest BCUT2D eigenvalue weighted by Crippen LogP contribution is 2.40. The van der Waals surface area contributed by atoms with Crippen molar-refractivity contribution < 1.29 is 9.47 Å². The van der Waals surface area contributed by atoms with Crippen LogP contribution in [-0.2, 0) is 6.42 Å². The topological polar surface area (TPSA) is 44.5 Å². The average molecular weight is 221 g/mol. The summed E-state index contributed by atoms with van der Waals surface area (Å²) in [4.78, 5) is 0. The van der Waals surface area contributed by atoms with E-state index in [2.05, 4.69) is 6.07 Å². The van der Waals surface area contributed by atoms with Crippen LogP contribution >= 0.6 is 0 Å². The van der Waals surface area contributed by atoms with Gasteiger partial charge in [0, 0.05) is 5.54 Å². The quantitative estimate of drug-likeness (QED) is 0.828. The van der Waals surface area contributed by atoms with Crippen LogP contribution in [0.4, 0.5) is 0 Å². The number of methoxy groups -OCH3 is 1. The standard InChI is InChI=1S/C13H19NO2/c1-3-16-11-6-4-5-10(12(11)15-2)9-13(14)7-8-13/h4-6H,3,7-9,14H2,1-2H3. The maximum atomic E-state index is 6.13. The van der Waals surface area contributed by atoms with Crippen molar-refractivity contribution >= 4 is 0 Å². The fraction of sp³-hybridized carbons (Fsp3) is 0.538. The molecule has 1 aliphatic rings. The maximum absolute atomic E-state index is 6.13. The van der Waals surface area contributed by atoms with Gasteiger partial charge in [0.05, 0.1) is 13.7 Å². The summed E-state index contributed by atoms with van der Waals surface area (Å²) >= 11 is 0. The Balaban J connectivity index is 2.25. The zero-order valence-corrected chi connectivity index (χ0v) is 9.95. The van der Waals surface area contributed by atoms with Crippen molar-refractivity contribution in [3.05, 3.63) is 23.8 Å². The van der Waals surface area contributed by atoms with Crippen LogP contribution in [0.3, 0.4) is 0 Å². The molecule has 0 saturated heterocycles. The predicted molar refractivity (Wildman–Crippen MR) is 64.0 cm³/mol. The molecule has 3 heteroatoms. The Morgan fingerprint density at radius 3 is 2.69 bits per heavy atom. The van der Waals surface area contributed by atoms with E-state index in [-0.39, 0.29) is 5.54 Å². The van der Waals surface area contributed by atoms with Crippen LogP contribution in [0, 0.1) is 0 Å². The largest absolute Gasteiger partial charge is 0.493 e. The lowest BCUT2D eigenvalue weighted by molar-refractivity contribution is 0.308. The molecule has 0 radical (unpaired) electrons. The molecule has 0 amide bonds. The average Bonchev–Trinajstić information content (AvgIpc) is 2.97. The van der Waals surface area contributed by atoms with E-state index in [1.807, 2.05) is 19.1 Å². The minimum atomic E-state index is -0.00187. The molecule has 0 aliphatic heterocycles. The highest BCUT2D eigenvalue weighted by atomic mass is 16.5. The zero-order chi connectivity index (χ0) is 11.6. The van der Waals surface area contributed by atoms with Gasteiger partial charge in [-0.15, -0.1) is 0 Å². The lowest BCUT2D eigenvalue weighted by atomic mass is 10.0. The monoisotopic (exact) mass is 221 g/mol. The van der Waals surface area contributed by atoms with Gasteiger partial charge in [-0.25, -0.2) is 0 Å². The van der Waals surface area contributed by atoms with Crippen molar-refractivity contribution in [1.82, 2.24) is 0 Å². The Kier molecular flexibility index (Phi) is 3.06. The molecular weight excluding hydrogens is 202 g/mol. The molecule has 0 aromatic heterocycles. The number of ether oxygens (including phenoxy) is 2. The molecule has 1 aromatic rings. The number of hydrogen-bond donors (Lipinski definition) is 1. The molecule has 1 aliphatic carbocycles. The Hall–Kier alpha value is -1.22. The Labute approximate surface area is 96.5 Å². The van der Waals surface area contributed by atoms with Gasteiger partial charge in [0.15, 0.2) is 11.5 Å². The predicted octanol–water partition coefficient (Wildman–Crippen LogP) is 2.13. The molecule has 0 bridgehead atoms. The van der Waals surface area contributed by atoms with Crippen LogP contribution < -0.4 is 15.2 Å². The minimum Gasteiger partial charge on any atom is -0.493 e. The van der Waals surface area contributed by atoms with Gasteiger partial charge in [-0.2, -0.15) is 0 Å². The summed E-state index contributed by atoms with van der Waals surface area (Å²) in [5.41, 5.74) is 7.27. The SMILES string of the molecule is CCOc1cccc(CC2(N)CC2)c1OC. The Bertz CT molecular complexity index is 372. The molecule has 0 atom stereocenters. The third kappa shape index (κ3) is 2.30. The van der Waals surface area contributed by atoms with Crippen LogP contribution in [0.25, 0.3) is 0 Å². The smallest absolute Gasteiger partial charge is 0.163 e. The summed E-state index contributed by atoms with van der Waals surface area (Å²) in [6, 6.07) is 5.99. The van der Waals surface area contributed by atoms with E-state index in [0.717, 1.165) is 36.3 Å². The van der Waals surface area contributed by atoms with Crippen molar-refractivity contribution in [2.45, 2.75) is 31.7 Å². The van der Waals surface area contributed by atoms with Gasteiger partial charge in [0.1, 0.15) is 0 Å². The number of hydrogen-bond acceptors (Lipinski definition) is 3. The number of nitrogens with two attached hydrogens (primary N) is 1. The van der Waals surface area contributed by atoms with E-state index in [4.69, 9.17) is 15.2 Å².